The molecule has 0 saturated heterocycles. The molecule has 1 aromatic heterocycles. The fourth-order valence-electron chi connectivity index (χ4n) is 3.47. The molecule has 1 N–H and O–H groups in total. The Hall–Kier alpha value is -1.60. The van der Waals surface area contributed by atoms with Gasteiger partial charge in [-0.05, 0) is 50.0 Å². The highest BCUT2D eigenvalue weighted by Crippen LogP contribution is 2.34. The van der Waals surface area contributed by atoms with E-state index in [-0.39, 0.29) is 0 Å². The zero-order chi connectivity index (χ0) is 14.1. The maximum absolute atomic E-state index is 9.21. The Labute approximate surface area is 124 Å². The molecule has 0 amide bonds. The van der Waals surface area contributed by atoms with Gasteiger partial charge in [0.2, 0.25) is 0 Å². The molecule has 2 aromatic rings. The smallest absolute Gasteiger partial charge is 0.178 e. The Morgan fingerprint density at radius 1 is 1.35 bits per heavy atom. The second-order valence-electron chi connectivity index (χ2n) is 5.75. The summed E-state index contributed by atoms with van der Waals surface area (Å²) in [4.78, 5) is 3.22. The Kier molecular flexibility index (Phi) is 3.62. The lowest BCUT2D eigenvalue weighted by molar-refractivity contribution is 0.266. The number of aromatic nitrogens is 2. The maximum atomic E-state index is 9.21. The second kappa shape index (κ2) is 5.41. The van der Waals surface area contributed by atoms with Gasteiger partial charge in [0, 0.05) is 6.04 Å². The molecule has 0 aliphatic heterocycles. The molecule has 20 heavy (non-hydrogen) atoms. The molecule has 1 heterocycles. The normalized spacial score (nSPS) is 18.0. The van der Waals surface area contributed by atoms with Crippen LogP contribution in [0.15, 0.2) is 18.2 Å². The molecule has 1 fully saturated rings. The molecule has 1 atom stereocenters. The molecule has 4 heteroatoms. The third kappa shape index (κ3) is 2.16. The maximum Gasteiger partial charge on any atom is 0.178 e. The predicted molar refractivity (Wildman–Crippen MR) is 83.1 cm³/mol. The van der Waals surface area contributed by atoms with Crippen LogP contribution in [0.25, 0.3) is 11.0 Å². The van der Waals surface area contributed by atoms with Crippen molar-refractivity contribution in [3.8, 4) is 6.07 Å². The van der Waals surface area contributed by atoms with E-state index in [1.54, 1.807) is 0 Å². The van der Waals surface area contributed by atoms with Gasteiger partial charge in [-0.15, -0.1) is 0 Å². The Morgan fingerprint density at radius 3 is 2.80 bits per heavy atom. The second-order valence-corrected chi connectivity index (χ2v) is 6.14. The van der Waals surface area contributed by atoms with E-state index in [9.17, 15) is 5.26 Å². The molecule has 3 nitrogen and oxygen atoms in total. The van der Waals surface area contributed by atoms with Crippen LogP contribution in [0.2, 0.25) is 0 Å². The molecule has 104 valence electrons. The molecule has 0 spiro atoms. The van der Waals surface area contributed by atoms with Crippen LogP contribution in [0, 0.1) is 22.0 Å². The van der Waals surface area contributed by atoms with Gasteiger partial charge in [-0.3, -0.25) is 0 Å². The lowest BCUT2D eigenvalue weighted by Crippen LogP contribution is -2.19. The minimum atomic E-state index is 0.394. The van der Waals surface area contributed by atoms with E-state index in [2.05, 4.69) is 28.6 Å². The summed E-state index contributed by atoms with van der Waals surface area (Å²) in [5.41, 5.74) is 2.61. The van der Waals surface area contributed by atoms with Crippen molar-refractivity contribution < 1.29 is 0 Å². The first kappa shape index (κ1) is 13.4. The van der Waals surface area contributed by atoms with Gasteiger partial charge in [0.25, 0.3) is 0 Å². The first-order chi connectivity index (χ1) is 9.72. The van der Waals surface area contributed by atoms with E-state index in [4.69, 9.17) is 12.2 Å². The summed E-state index contributed by atoms with van der Waals surface area (Å²) in [6.07, 6.45) is 6.59. The fraction of sp³-hybridized carbons (Fsp3) is 0.500. The molecule has 1 saturated carbocycles. The van der Waals surface area contributed by atoms with Gasteiger partial charge in [0.15, 0.2) is 4.77 Å². The summed E-state index contributed by atoms with van der Waals surface area (Å²) < 4.78 is 2.95. The van der Waals surface area contributed by atoms with Crippen molar-refractivity contribution in [2.45, 2.75) is 45.1 Å². The number of H-pyrrole nitrogens is 1. The summed E-state index contributed by atoms with van der Waals surface area (Å²) in [6, 6.07) is 8.46. The Balaban J connectivity index is 2.09. The van der Waals surface area contributed by atoms with Crippen molar-refractivity contribution in [1.29, 1.82) is 5.26 Å². The van der Waals surface area contributed by atoms with Crippen LogP contribution < -0.4 is 0 Å². The first-order valence-electron chi connectivity index (χ1n) is 7.35. The molecule has 1 aliphatic carbocycles. The molecule has 1 aliphatic rings. The van der Waals surface area contributed by atoms with E-state index in [0.29, 0.717) is 17.5 Å². The van der Waals surface area contributed by atoms with Gasteiger partial charge in [-0.25, -0.2) is 0 Å². The van der Waals surface area contributed by atoms with E-state index in [1.807, 2.05) is 12.1 Å². The lowest BCUT2D eigenvalue weighted by Gasteiger charge is -2.29. The fourth-order valence-corrected chi connectivity index (χ4v) is 3.84. The van der Waals surface area contributed by atoms with E-state index in [0.717, 1.165) is 15.8 Å². The number of nitriles is 1. The van der Waals surface area contributed by atoms with Crippen LogP contribution in [-0.4, -0.2) is 9.55 Å². The molecule has 1 aromatic carbocycles. The number of para-hydroxylation sites is 1. The molecule has 0 bridgehead atoms. The number of hydrogen-bond acceptors (Lipinski definition) is 2. The first-order valence-corrected chi connectivity index (χ1v) is 7.76. The van der Waals surface area contributed by atoms with Crippen molar-refractivity contribution in [2.75, 3.05) is 0 Å². The highest BCUT2D eigenvalue weighted by molar-refractivity contribution is 7.71. The molecular formula is C16H19N3S. The van der Waals surface area contributed by atoms with E-state index >= 15 is 0 Å². The van der Waals surface area contributed by atoms with Crippen molar-refractivity contribution in [1.82, 2.24) is 9.55 Å². The summed E-state index contributed by atoms with van der Waals surface area (Å²) in [6.45, 7) is 2.26. The largest absolute Gasteiger partial charge is 0.329 e. The van der Waals surface area contributed by atoms with Crippen LogP contribution in [0.1, 0.15) is 50.6 Å². The van der Waals surface area contributed by atoms with Gasteiger partial charge < -0.3 is 9.55 Å². The van der Waals surface area contributed by atoms with Gasteiger partial charge >= 0.3 is 0 Å². The number of rotatable bonds is 2. The Bertz CT molecular complexity index is 713. The van der Waals surface area contributed by atoms with Gasteiger partial charge in [-0.2, -0.15) is 5.26 Å². The quantitative estimate of drug-likeness (QED) is 0.812. The third-order valence-electron chi connectivity index (χ3n) is 4.61. The topological polar surface area (TPSA) is 44.5 Å². The van der Waals surface area contributed by atoms with Crippen molar-refractivity contribution >= 4 is 23.3 Å². The van der Waals surface area contributed by atoms with Crippen LogP contribution in [0.5, 0.6) is 0 Å². The van der Waals surface area contributed by atoms with E-state index in [1.165, 1.54) is 32.1 Å². The minimum absolute atomic E-state index is 0.394. The van der Waals surface area contributed by atoms with Crippen molar-refractivity contribution in [3.05, 3.63) is 28.5 Å². The zero-order valence-electron chi connectivity index (χ0n) is 11.7. The third-order valence-corrected chi connectivity index (χ3v) is 4.91. The monoisotopic (exact) mass is 285 g/mol. The number of imidazole rings is 1. The van der Waals surface area contributed by atoms with Crippen LogP contribution in [-0.2, 0) is 0 Å². The van der Waals surface area contributed by atoms with Crippen LogP contribution in [0.3, 0.4) is 0 Å². The molecule has 3 rings (SSSR count). The zero-order valence-corrected chi connectivity index (χ0v) is 12.5. The number of fused-ring (bicyclic) bond motifs is 1. The number of aromatic amines is 1. The highest BCUT2D eigenvalue weighted by atomic mass is 32.1. The average molecular weight is 285 g/mol. The van der Waals surface area contributed by atoms with Crippen molar-refractivity contribution in [3.63, 3.8) is 0 Å². The molecule has 1 unspecified atom stereocenters. The number of nitrogens with zero attached hydrogens (tertiary/aromatic N) is 2. The summed E-state index contributed by atoms with van der Waals surface area (Å²) in [7, 11) is 0. The highest BCUT2D eigenvalue weighted by Gasteiger charge is 2.23. The average Bonchev–Trinajstić information content (AvgIpc) is 2.83. The summed E-state index contributed by atoms with van der Waals surface area (Å²) in [5, 5.41) is 9.21. The van der Waals surface area contributed by atoms with Gasteiger partial charge in [0.05, 0.1) is 16.6 Å². The van der Waals surface area contributed by atoms with Gasteiger partial charge in [0.1, 0.15) is 6.07 Å². The van der Waals surface area contributed by atoms with Crippen LogP contribution in [0.4, 0.5) is 0 Å². The SMILES string of the molecule is CC(C1CCCCC1)n1c(=S)[nH]c2c(C#N)cccc21. The number of hydrogen-bond donors (Lipinski definition) is 1. The van der Waals surface area contributed by atoms with Crippen molar-refractivity contribution in [2.24, 2.45) is 5.92 Å². The standard InChI is InChI=1S/C16H19N3S/c1-11(12-6-3-2-4-7-12)19-14-9-5-8-13(10-17)15(14)18-16(19)20/h5,8-9,11-12H,2-4,6-7H2,1H3,(H,18,20). The van der Waals surface area contributed by atoms with Gasteiger partial charge in [-0.1, -0.05) is 25.3 Å². The summed E-state index contributed by atoms with van der Waals surface area (Å²) >= 11 is 5.50. The van der Waals surface area contributed by atoms with E-state index < -0.39 is 0 Å². The lowest BCUT2D eigenvalue weighted by atomic mass is 9.84. The molecular weight excluding hydrogens is 266 g/mol. The Morgan fingerprint density at radius 2 is 2.10 bits per heavy atom. The number of benzene rings is 1. The summed E-state index contributed by atoms with van der Waals surface area (Å²) in [5.74, 6) is 0.695. The minimum Gasteiger partial charge on any atom is -0.329 e. The predicted octanol–water partition coefficient (Wildman–Crippen LogP) is 4.71. The van der Waals surface area contributed by atoms with Crippen LogP contribution >= 0.6 is 12.2 Å². The molecule has 0 radical (unpaired) electrons. The number of nitrogens with one attached hydrogen (secondary N) is 1.